The number of anilines is 1. The van der Waals surface area contributed by atoms with Crippen molar-refractivity contribution in [1.29, 1.82) is 0 Å². The van der Waals surface area contributed by atoms with Crippen LogP contribution in [0.5, 0.6) is 5.75 Å². The molecule has 0 spiro atoms. The van der Waals surface area contributed by atoms with Crippen LogP contribution in [0.15, 0.2) is 66.7 Å². The second-order valence-corrected chi connectivity index (χ2v) is 8.56. The zero-order valence-electron chi connectivity index (χ0n) is 19.7. The summed E-state index contributed by atoms with van der Waals surface area (Å²) in [6.45, 7) is 1.01. The molecule has 0 saturated heterocycles. The highest BCUT2D eigenvalue weighted by Crippen LogP contribution is 2.28. The van der Waals surface area contributed by atoms with Gasteiger partial charge >= 0.3 is 0 Å². The van der Waals surface area contributed by atoms with Gasteiger partial charge in [0.1, 0.15) is 22.9 Å². The lowest BCUT2D eigenvalue weighted by Gasteiger charge is -2.28. The minimum absolute atomic E-state index is 0.130. The average molecular weight is 479 g/mol. The van der Waals surface area contributed by atoms with Gasteiger partial charge in [-0.15, -0.1) is 0 Å². The van der Waals surface area contributed by atoms with Gasteiger partial charge in [-0.1, -0.05) is 43.2 Å². The van der Waals surface area contributed by atoms with Crippen molar-refractivity contribution in [3.05, 3.63) is 95.1 Å². The molecule has 0 aliphatic carbocycles. The number of methoxy groups -OCH3 is 1. The van der Waals surface area contributed by atoms with Crippen LogP contribution >= 0.6 is 0 Å². The van der Waals surface area contributed by atoms with E-state index in [1.165, 1.54) is 11.0 Å². The SMILES string of the molecule is COc1cccc(C(=O)N2CCCCCCN(C(=O)c3c(F)cccc3F)Cc3ccccc32)c1. The van der Waals surface area contributed by atoms with E-state index in [1.54, 1.807) is 36.3 Å². The summed E-state index contributed by atoms with van der Waals surface area (Å²) in [5.41, 5.74) is 1.35. The Morgan fingerprint density at radius 1 is 0.800 bits per heavy atom. The summed E-state index contributed by atoms with van der Waals surface area (Å²) in [5, 5.41) is 0. The van der Waals surface area contributed by atoms with Crippen molar-refractivity contribution < 1.29 is 23.1 Å². The van der Waals surface area contributed by atoms with E-state index in [4.69, 9.17) is 4.74 Å². The summed E-state index contributed by atoms with van der Waals surface area (Å²) >= 11 is 0. The number of hydrogen-bond acceptors (Lipinski definition) is 3. The lowest BCUT2D eigenvalue weighted by Crippen LogP contribution is -2.35. The summed E-state index contributed by atoms with van der Waals surface area (Å²) in [6, 6.07) is 17.8. The molecule has 1 aliphatic rings. The van der Waals surface area contributed by atoms with Crippen molar-refractivity contribution in [2.75, 3.05) is 25.1 Å². The topological polar surface area (TPSA) is 49.9 Å². The smallest absolute Gasteiger partial charge is 0.260 e. The van der Waals surface area contributed by atoms with E-state index >= 15 is 0 Å². The van der Waals surface area contributed by atoms with Gasteiger partial charge in [0.25, 0.3) is 11.8 Å². The summed E-state index contributed by atoms with van der Waals surface area (Å²) in [4.78, 5) is 30.1. The number of carbonyl (C=O) groups excluding carboxylic acids is 2. The minimum Gasteiger partial charge on any atom is -0.497 e. The Hall–Kier alpha value is -3.74. The van der Waals surface area contributed by atoms with Crippen LogP contribution in [0, 0.1) is 11.6 Å². The monoisotopic (exact) mass is 478 g/mol. The number of rotatable bonds is 3. The maximum Gasteiger partial charge on any atom is 0.260 e. The van der Waals surface area contributed by atoms with Gasteiger partial charge in [-0.2, -0.15) is 0 Å². The van der Waals surface area contributed by atoms with Crippen LogP contribution in [0.1, 0.15) is 52.0 Å². The predicted molar refractivity (Wildman–Crippen MR) is 131 cm³/mol. The highest BCUT2D eigenvalue weighted by Gasteiger charge is 2.26. The van der Waals surface area contributed by atoms with Crippen molar-refractivity contribution >= 4 is 17.5 Å². The van der Waals surface area contributed by atoms with Gasteiger partial charge in [0.05, 0.1) is 7.11 Å². The Morgan fingerprint density at radius 2 is 1.49 bits per heavy atom. The fourth-order valence-electron chi connectivity index (χ4n) is 4.40. The molecule has 2 amide bonds. The molecule has 7 heteroatoms. The van der Waals surface area contributed by atoms with Gasteiger partial charge in [0.2, 0.25) is 0 Å². The number of para-hydroxylation sites is 1. The van der Waals surface area contributed by atoms with Crippen molar-refractivity contribution in [3.63, 3.8) is 0 Å². The molecule has 5 nitrogen and oxygen atoms in total. The Kier molecular flexibility index (Phi) is 7.75. The van der Waals surface area contributed by atoms with Gasteiger partial charge in [-0.3, -0.25) is 9.59 Å². The molecule has 0 fully saturated rings. The van der Waals surface area contributed by atoms with Gasteiger partial charge in [0, 0.05) is 30.9 Å². The molecule has 0 saturated carbocycles. The molecule has 0 unspecified atom stereocenters. The molecule has 0 aromatic heterocycles. The average Bonchev–Trinajstić information content (AvgIpc) is 2.91. The van der Waals surface area contributed by atoms with E-state index < -0.39 is 23.1 Å². The van der Waals surface area contributed by atoms with Crippen LogP contribution in [0.3, 0.4) is 0 Å². The number of nitrogens with zero attached hydrogens (tertiary/aromatic N) is 2. The fourth-order valence-corrected chi connectivity index (χ4v) is 4.40. The zero-order valence-corrected chi connectivity index (χ0v) is 19.7. The van der Waals surface area contributed by atoms with Crippen LogP contribution in [-0.4, -0.2) is 36.9 Å². The molecule has 0 radical (unpaired) electrons. The van der Waals surface area contributed by atoms with Crippen molar-refractivity contribution in [2.45, 2.75) is 32.2 Å². The normalized spacial score (nSPS) is 14.6. The molecule has 3 aromatic rings. The van der Waals surface area contributed by atoms with Gasteiger partial charge in [0.15, 0.2) is 0 Å². The second kappa shape index (κ2) is 11.1. The lowest BCUT2D eigenvalue weighted by molar-refractivity contribution is 0.0730. The summed E-state index contributed by atoms with van der Waals surface area (Å²) in [7, 11) is 1.55. The van der Waals surface area contributed by atoms with Crippen LogP contribution in [-0.2, 0) is 6.54 Å². The maximum absolute atomic E-state index is 14.4. The number of ether oxygens (including phenoxy) is 1. The molecule has 0 bridgehead atoms. The first-order valence-corrected chi connectivity index (χ1v) is 11.8. The van der Waals surface area contributed by atoms with Crippen molar-refractivity contribution in [3.8, 4) is 5.75 Å². The van der Waals surface area contributed by atoms with E-state index in [1.807, 2.05) is 24.3 Å². The largest absolute Gasteiger partial charge is 0.497 e. The third-order valence-corrected chi connectivity index (χ3v) is 6.23. The molecule has 3 aromatic carbocycles. The number of benzene rings is 3. The Balaban J connectivity index is 1.71. The summed E-state index contributed by atoms with van der Waals surface area (Å²) in [6.07, 6.45) is 3.19. The molecular weight excluding hydrogens is 450 g/mol. The van der Waals surface area contributed by atoms with Crippen LogP contribution in [0.2, 0.25) is 0 Å². The van der Waals surface area contributed by atoms with Crippen LogP contribution < -0.4 is 9.64 Å². The molecule has 1 aliphatic heterocycles. The molecule has 4 rings (SSSR count). The predicted octanol–water partition coefficient (Wildman–Crippen LogP) is 5.84. The van der Waals surface area contributed by atoms with E-state index in [0.29, 0.717) is 36.5 Å². The minimum atomic E-state index is -0.882. The third-order valence-electron chi connectivity index (χ3n) is 6.23. The lowest BCUT2D eigenvalue weighted by atomic mass is 10.1. The summed E-state index contributed by atoms with van der Waals surface area (Å²) < 4.78 is 34.1. The Morgan fingerprint density at radius 3 is 2.23 bits per heavy atom. The molecule has 1 heterocycles. The molecule has 182 valence electrons. The van der Waals surface area contributed by atoms with Gasteiger partial charge in [-0.25, -0.2) is 8.78 Å². The number of carbonyl (C=O) groups is 2. The first-order chi connectivity index (χ1) is 17.0. The third kappa shape index (κ3) is 5.50. The second-order valence-electron chi connectivity index (χ2n) is 8.56. The van der Waals surface area contributed by atoms with Crippen molar-refractivity contribution in [2.24, 2.45) is 0 Å². The first kappa shape index (κ1) is 24.4. The Labute approximate surface area is 203 Å². The molecule has 35 heavy (non-hydrogen) atoms. The van der Waals surface area contributed by atoms with E-state index in [2.05, 4.69) is 0 Å². The van der Waals surface area contributed by atoms with Crippen LogP contribution in [0.4, 0.5) is 14.5 Å². The van der Waals surface area contributed by atoms with Crippen molar-refractivity contribution in [1.82, 2.24) is 4.90 Å². The van der Waals surface area contributed by atoms with E-state index in [-0.39, 0.29) is 12.5 Å². The number of amides is 2. The highest BCUT2D eigenvalue weighted by molar-refractivity contribution is 6.06. The first-order valence-electron chi connectivity index (χ1n) is 11.8. The molecular formula is C28H28F2N2O3. The maximum atomic E-state index is 14.4. The Bertz CT molecular complexity index is 1190. The summed E-state index contributed by atoms with van der Waals surface area (Å²) in [5.74, 6) is -2.04. The van der Waals surface area contributed by atoms with Gasteiger partial charge < -0.3 is 14.5 Å². The highest BCUT2D eigenvalue weighted by atomic mass is 19.1. The molecule has 0 N–H and O–H groups in total. The number of fused-ring (bicyclic) bond motifs is 1. The quantitative estimate of drug-likeness (QED) is 0.476. The van der Waals surface area contributed by atoms with E-state index in [0.717, 1.165) is 37.0 Å². The number of hydrogen-bond donors (Lipinski definition) is 0. The molecule has 0 atom stereocenters. The standard InChI is InChI=1S/C28H28F2N2O3/c1-35-22-12-8-11-20(18-22)27(33)32-17-7-3-2-6-16-31(19-21-10-4-5-15-25(21)32)28(34)26-23(29)13-9-14-24(26)30/h4-5,8-15,18H,2-3,6-7,16-17,19H2,1H3. The number of halogens is 2. The fraction of sp³-hybridized carbons (Fsp3) is 0.286. The van der Waals surface area contributed by atoms with Gasteiger partial charge in [-0.05, 0) is 54.8 Å². The van der Waals surface area contributed by atoms with E-state index in [9.17, 15) is 18.4 Å². The zero-order chi connectivity index (χ0) is 24.8. The van der Waals surface area contributed by atoms with Crippen LogP contribution in [0.25, 0.3) is 0 Å².